The summed E-state index contributed by atoms with van der Waals surface area (Å²) in [6.45, 7) is 2.23. The second kappa shape index (κ2) is 8.46. The number of nitrogens with zero attached hydrogens (tertiary/aromatic N) is 2. The van der Waals surface area contributed by atoms with Crippen LogP contribution < -0.4 is 10.6 Å². The Hall–Kier alpha value is -2.16. The summed E-state index contributed by atoms with van der Waals surface area (Å²) in [7, 11) is -3.37. The van der Waals surface area contributed by atoms with E-state index in [0.29, 0.717) is 18.2 Å². The number of sulfone groups is 1. The van der Waals surface area contributed by atoms with Crippen LogP contribution in [-0.4, -0.2) is 42.7 Å². The molecule has 1 atom stereocenters. The lowest BCUT2D eigenvalue weighted by molar-refractivity contribution is 0.448. The summed E-state index contributed by atoms with van der Waals surface area (Å²) in [5.41, 5.74) is 2.71. The summed E-state index contributed by atoms with van der Waals surface area (Å²) >= 11 is 0. The monoisotopic (exact) mass is 421 g/mol. The van der Waals surface area contributed by atoms with Crippen LogP contribution in [0.25, 0.3) is 10.9 Å². The van der Waals surface area contributed by atoms with Gasteiger partial charge in [0, 0.05) is 29.9 Å². The number of para-hydroxylation sites is 1. The molecule has 3 N–H and O–H groups in total. The van der Waals surface area contributed by atoms with Crippen molar-refractivity contribution >= 4 is 39.1 Å². The molecule has 0 aliphatic carbocycles. The second-order valence-corrected chi connectivity index (χ2v) is 8.98. The van der Waals surface area contributed by atoms with Crippen molar-refractivity contribution in [1.29, 1.82) is 0 Å². The third kappa shape index (κ3) is 4.45. The van der Waals surface area contributed by atoms with E-state index in [0.717, 1.165) is 42.5 Å². The normalized spacial score (nSPS) is 17.2. The Kier molecular flexibility index (Phi) is 6.22. The Morgan fingerprint density at radius 2 is 2.11 bits per heavy atom. The fourth-order valence-electron chi connectivity index (χ4n) is 3.54. The van der Waals surface area contributed by atoms with Crippen molar-refractivity contribution < 1.29 is 8.42 Å². The van der Waals surface area contributed by atoms with Crippen LogP contribution in [0.5, 0.6) is 0 Å². The molecular formula is C19H24ClN5O2S. The summed E-state index contributed by atoms with van der Waals surface area (Å²) in [6.07, 6.45) is 4.58. The smallest absolute Gasteiger partial charge is 0.223 e. The van der Waals surface area contributed by atoms with Crippen LogP contribution >= 0.6 is 12.4 Å². The summed E-state index contributed by atoms with van der Waals surface area (Å²) in [5.74, 6) is 0.529. The second-order valence-electron chi connectivity index (χ2n) is 6.99. The number of aromatic nitrogens is 3. The van der Waals surface area contributed by atoms with Gasteiger partial charge in [-0.1, -0.05) is 18.2 Å². The molecule has 0 amide bonds. The number of anilines is 1. The maximum atomic E-state index is 12.2. The highest BCUT2D eigenvalue weighted by Crippen LogP contribution is 2.28. The first-order valence-corrected chi connectivity index (χ1v) is 11.0. The van der Waals surface area contributed by atoms with Gasteiger partial charge in [-0.2, -0.15) is 0 Å². The number of hydrogen-bond acceptors (Lipinski definition) is 6. The minimum Gasteiger partial charge on any atom is -0.357 e. The average molecular weight is 422 g/mol. The molecule has 1 fully saturated rings. The van der Waals surface area contributed by atoms with Gasteiger partial charge in [0.2, 0.25) is 5.95 Å². The molecule has 1 aliphatic heterocycles. The largest absolute Gasteiger partial charge is 0.357 e. The lowest BCUT2D eigenvalue weighted by Gasteiger charge is -2.24. The van der Waals surface area contributed by atoms with E-state index < -0.39 is 9.84 Å². The van der Waals surface area contributed by atoms with E-state index >= 15 is 0 Å². The van der Waals surface area contributed by atoms with Crippen LogP contribution in [0, 0.1) is 0 Å². The standard InChI is InChI=1S/C19H23N5O2S.ClH/c1-27(25,26)17-12-22-19(24-18(17)14-6-4-8-20-10-14)21-11-15-9-13-5-2-3-7-16(13)23-15;/h2-3,5,7,9,12,14,20,23H,4,6,8,10-11H2,1H3,(H,21,22,24);1H. The third-order valence-electron chi connectivity index (χ3n) is 4.89. The zero-order valence-electron chi connectivity index (χ0n) is 15.6. The number of nitrogens with one attached hydrogen (secondary N) is 3. The zero-order valence-corrected chi connectivity index (χ0v) is 17.2. The van der Waals surface area contributed by atoms with Crippen LogP contribution in [0.3, 0.4) is 0 Å². The Balaban J connectivity index is 0.00000225. The fraction of sp³-hybridized carbons (Fsp3) is 0.368. The summed E-state index contributed by atoms with van der Waals surface area (Å²) in [5, 5.41) is 7.68. The van der Waals surface area contributed by atoms with Crippen LogP contribution in [0.15, 0.2) is 41.4 Å². The maximum Gasteiger partial charge on any atom is 0.223 e. The van der Waals surface area contributed by atoms with Crippen molar-refractivity contribution in [3.63, 3.8) is 0 Å². The molecule has 150 valence electrons. The van der Waals surface area contributed by atoms with E-state index in [4.69, 9.17) is 0 Å². The van der Waals surface area contributed by atoms with Gasteiger partial charge in [-0.25, -0.2) is 18.4 Å². The highest BCUT2D eigenvalue weighted by Gasteiger charge is 2.25. The molecule has 9 heteroatoms. The maximum absolute atomic E-state index is 12.2. The summed E-state index contributed by atoms with van der Waals surface area (Å²) in [4.78, 5) is 12.4. The van der Waals surface area contributed by atoms with Crippen molar-refractivity contribution in [2.24, 2.45) is 0 Å². The van der Waals surface area contributed by atoms with Crippen molar-refractivity contribution in [2.75, 3.05) is 24.7 Å². The van der Waals surface area contributed by atoms with Crippen molar-refractivity contribution in [1.82, 2.24) is 20.3 Å². The Morgan fingerprint density at radius 3 is 2.82 bits per heavy atom. The fourth-order valence-corrected chi connectivity index (χ4v) is 4.37. The minimum atomic E-state index is -3.37. The number of halogens is 1. The number of piperidine rings is 1. The Bertz CT molecular complexity index is 1030. The molecule has 1 aromatic carbocycles. The quantitative estimate of drug-likeness (QED) is 0.585. The number of rotatable bonds is 5. The van der Waals surface area contributed by atoms with Crippen LogP contribution in [0.1, 0.15) is 30.1 Å². The van der Waals surface area contributed by atoms with Crippen molar-refractivity contribution in [2.45, 2.75) is 30.2 Å². The predicted molar refractivity (Wildman–Crippen MR) is 113 cm³/mol. The average Bonchev–Trinajstić information content (AvgIpc) is 3.09. The van der Waals surface area contributed by atoms with Gasteiger partial charge in [-0.15, -0.1) is 12.4 Å². The lowest BCUT2D eigenvalue weighted by Crippen LogP contribution is -2.30. The SMILES string of the molecule is CS(=O)(=O)c1cnc(NCc2cc3ccccc3[nH]2)nc1C1CCCNC1.Cl. The topological polar surface area (TPSA) is 99.8 Å². The molecule has 4 rings (SSSR count). The lowest BCUT2D eigenvalue weighted by atomic mass is 9.96. The minimum absolute atomic E-state index is 0. The number of benzene rings is 1. The number of fused-ring (bicyclic) bond motifs is 1. The van der Waals surface area contributed by atoms with E-state index in [1.807, 2.05) is 18.2 Å². The number of hydrogen-bond donors (Lipinski definition) is 3. The summed E-state index contributed by atoms with van der Waals surface area (Å²) in [6, 6.07) is 10.2. The first-order valence-electron chi connectivity index (χ1n) is 9.09. The van der Waals surface area contributed by atoms with E-state index in [1.54, 1.807) is 0 Å². The highest BCUT2D eigenvalue weighted by atomic mass is 35.5. The van der Waals surface area contributed by atoms with Gasteiger partial charge >= 0.3 is 0 Å². The van der Waals surface area contributed by atoms with Gasteiger partial charge in [0.15, 0.2) is 9.84 Å². The van der Waals surface area contributed by atoms with Gasteiger partial charge < -0.3 is 15.6 Å². The van der Waals surface area contributed by atoms with E-state index in [1.165, 1.54) is 12.5 Å². The molecule has 0 bridgehead atoms. The molecule has 1 unspecified atom stereocenters. The molecule has 0 saturated carbocycles. The molecule has 1 aliphatic rings. The number of H-pyrrole nitrogens is 1. The van der Waals surface area contributed by atoms with Gasteiger partial charge in [0.1, 0.15) is 4.90 Å². The number of aromatic amines is 1. The van der Waals surface area contributed by atoms with Gasteiger partial charge in [0.05, 0.1) is 18.4 Å². The molecule has 0 radical (unpaired) electrons. The first-order chi connectivity index (χ1) is 13.0. The molecule has 1 saturated heterocycles. The zero-order chi connectivity index (χ0) is 18.9. The molecule has 0 spiro atoms. The van der Waals surface area contributed by atoms with Gasteiger partial charge in [-0.05, 0) is 36.9 Å². The van der Waals surface area contributed by atoms with Crippen molar-refractivity contribution in [3.05, 3.63) is 47.9 Å². The molecule has 3 heterocycles. The van der Waals surface area contributed by atoms with Gasteiger partial charge in [0.25, 0.3) is 0 Å². The predicted octanol–water partition coefficient (Wildman–Crippen LogP) is 2.86. The summed E-state index contributed by atoms with van der Waals surface area (Å²) < 4.78 is 24.3. The van der Waals surface area contributed by atoms with Crippen LogP contribution in [-0.2, 0) is 16.4 Å². The highest BCUT2D eigenvalue weighted by molar-refractivity contribution is 7.90. The molecule has 28 heavy (non-hydrogen) atoms. The van der Waals surface area contributed by atoms with Crippen LogP contribution in [0.2, 0.25) is 0 Å². The van der Waals surface area contributed by atoms with Crippen molar-refractivity contribution in [3.8, 4) is 0 Å². The van der Waals surface area contributed by atoms with E-state index in [-0.39, 0.29) is 23.2 Å². The molecule has 3 aromatic rings. The Morgan fingerprint density at radius 1 is 1.29 bits per heavy atom. The van der Waals surface area contributed by atoms with E-state index in [9.17, 15) is 8.42 Å². The molecule has 2 aromatic heterocycles. The van der Waals surface area contributed by atoms with E-state index in [2.05, 4.69) is 37.7 Å². The van der Waals surface area contributed by atoms with Gasteiger partial charge in [-0.3, -0.25) is 0 Å². The first kappa shape index (κ1) is 20.6. The molecular weight excluding hydrogens is 398 g/mol. The Labute approximate surface area is 170 Å². The molecule has 7 nitrogen and oxygen atoms in total. The van der Waals surface area contributed by atoms with Crippen LogP contribution in [0.4, 0.5) is 5.95 Å². The third-order valence-corrected chi connectivity index (χ3v) is 6.00.